The summed E-state index contributed by atoms with van der Waals surface area (Å²) in [5, 5.41) is 2.33. The molecule has 2 heterocycles. The van der Waals surface area contributed by atoms with Gasteiger partial charge in [0.15, 0.2) is 0 Å². The normalized spacial score (nSPS) is 20.2. The van der Waals surface area contributed by atoms with Crippen LogP contribution in [-0.4, -0.2) is 53.2 Å². The summed E-state index contributed by atoms with van der Waals surface area (Å²) in [6.45, 7) is 5.49. The third-order valence-corrected chi connectivity index (χ3v) is 4.97. The lowest BCUT2D eigenvalue weighted by atomic mass is 10.0. The minimum Gasteiger partial charge on any atom is -0.329 e. The molecule has 0 aromatic heterocycles. The number of nitrogens with zero attached hydrogens (tertiary/aromatic N) is 2. The molecule has 0 radical (unpaired) electrons. The Morgan fingerprint density at radius 2 is 2.12 bits per heavy atom. The summed E-state index contributed by atoms with van der Waals surface area (Å²) in [6, 6.07) is 5.15. The van der Waals surface area contributed by atoms with Crippen molar-refractivity contribution in [2.24, 2.45) is 5.73 Å². The van der Waals surface area contributed by atoms with Crippen LogP contribution >= 0.6 is 0 Å². The van der Waals surface area contributed by atoms with Crippen molar-refractivity contribution in [3.8, 4) is 0 Å². The van der Waals surface area contributed by atoms with Gasteiger partial charge in [-0.05, 0) is 30.2 Å². The lowest BCUT2D eigenvalue weighted by Gasteiger charge is -2.29. The number of nitrogens with one attached hydrogen (secondary N) is 1. The number of fused-ring (bicyclic) bond motifs is 1. The van der Waals surface area contributed by atoms with Crippen molar-refractivity contribution >= 4 is 17.7 Å². The molecule has 7 nitrogen and oxygen atoms in total. The predicted octanol–water partition coefficient (Wildman–Crippen LogP) is 0.228. The molecule has 3 amide bonds. The molecule has 3 rings (SSSR count). The van der Waals surface area contributed by atoms with E-state index in [1.165, 1.54) is 0 Å². The first-order valence-electron chi connectivity index (χ1n) is 8.73. The highest BCUT2D eigenvalue weighted by Gasteiger charge is 2.39. The number of benzene rings is 1. The molecule has 3 N–H and O–H groups in total. The molecule has 2 aliphatic heterocycles. The van der Waals surface area contributed by atoms with Gasteiger partial charge >= 0.3 is 0 Å². The molecule has 1 aromatic rings. The standard InChI is InChI=1S/C18H24N4O3/c1-2-21(9-8-19)10-12-4-3-5-13-14(12)11-22(18(13)25)15-6-7-16(23)20-17(15)24/h3-5,15H,2,6-11,19H2,1H3,(H,20,23,24). The van der Waals surface area contributed by atoms with Crippen LogP contribution in [-0.2, 0) is 22.7 Å². The van der Waals surface area contributed by atoms with Crippen LogP contribution in [0.4, 0.5) is 0 Å². The zero-order chi connectivity index (χ0) is 18.0. The lowest BCUT2D eigenvalue weighted by Crippen LogP contribution is -2.52. The summed E-state index contributed by atoms with van der Waals surface area (Å²) in [5.74, 6) is -0.781. The van der Waals surface area contributed by atoms with Crippen molar-refractivity contribution < 1.29 is 14.4 Å². The highest BCUT2D eigenvalue weighted by Crippen LogP contribution is 2.30. The van der Waals surface area contributed by atoms with E-state index in [1.54, 1.807) is 4.90 Å². The van der Waals surface area contributed by atoms with Gasteiger partial charge in [-0.15, -0.1) is 0 Å². The van der Waals surface area contributed by atoms with Gasteiger partial charge in [0.2, 0.25) is 11.8 Å². The van der Waals surface area contributed by atoms with Gasteiger partial charge in [-0.25, -0.2) is 0 Å². The molecule has 0 aliphatic carbocycles. The third-order valence-electron chi connectivity index (χ3n) is 4.97. The number of amides is 3. The summed E-state index contributed by atoms with van der Waals surface area (Å²) in [7, 11) is 0. The van der Waals surface area contributed by atoms with Crippen LogP contribution in [0.2, 0.25) is 0 Å². The fourth-order valence-electron chi connectivity index (χ4n) is 3.57. The minimum atomic E-state index is -0.572. The number of carbonyl (C=O) groups excluding carboxylic acids is 3. The molecule has 2 aliphatic rings. The number of hydrogen-bond acceptors (Lipinski definition) is 5. The number of imide groups is 1. The monoisotopic (exact) mass is 344 g/mol. The maximum atomic E-state index is 12.8. The van der Waals surface area contributed by atoms with E-state index in [2.05, 4.69) is 17.1 Å². The van der Waals surface area contributed by atoms with E-state index in [-0.39, 0.29) is 24.1 Å². The van der Waals surface area contributed by atoms with Gasteiger partial charge in [-0.1, -0.05) is 19.1 Å². The SMILES string of the molecule is CCN(CCN)Cc1cccc2c1CN(C1CCC(=O)NC1=O)C2=O. The average molecular weight is 344 g/mol. The van der Waals surface area contributed by atoms with Gasteiger partial charge in [0.25, 0.3) is 5.91 Å². The van der Waals surface area contributed by atoms with Gasteiger partial charge in [0.05, 0.1) is 0 Å². The van der Waals surface area contributed by atoms with Crippen molar-refractivity contribution in [3.63, 3.8) is 0 Å². The van der Waals surface area contributed by atoms with Gasteiger partial charge in [-0.3, -0.25) is 24.6 Å². The summed E-state index contributed by atoms with van der Waals surface area (Å²) < 4.78 is 0. The summed E-state index contributed by atoms with van der Waals surface area (Å²) in [6.07, 6.45) is 0.650. The van der Waals surface area contributed by atoms with E-state index >= 15 is 0 Å². The Hall–Kier alpha value is -2.25. The second-order valence-corrected chi connectivity index (χ2v) is 6.50. The summed E-state index contributed by atoms with van der Waals surface area (Å²) >= 11 is 0. The Balaban J connectivity index is 1.82. The first kappa shape index (κ1) is 17.6. The number of rotatable bonds is 6. The fraction of sp³-hybridized carbons (Fsp3) is 0.500. The van der Waals surface area contributed by atoms with Gasteiger partial charge in [-0.2, -0.15) is 0 Å². The van der Waals surface area contributed by atoms with Gasteiger partial charge < -0.3 is 10.6 Å². The first-order valence-corrected chi connectivity index (χ1v) is 8.73. The van der Waals surface area contributed by atoms with E-state index in [0.717, 1.165) is 30.8 Å². The topological polar surface area (TPSA) is 95.7 Å². The van der Waals surface area contributed by atoms with E-state index in [0.29, 0.717) is 25.1 Å². The summed E-state index contributed by atoms with van der Waals surface area (Å²) in [4.78, 5) is 40.1. The first-order chi connectivity index (χ1) is 12.0. The molecule has 1 aromatic carbocycles. The molecule has 134 valence electrons. The quantitative estimate of drug-likeness (QED) is 0.720. The smallest absolute Gasteiger partial charge is 0.255 e. The summed E-state index contributed by atoms with van der Waals surface area (Å²) in [5.41, 5.74) is 8.39. The Morgan fingerprint density at radius 3 is 2.80 bits per heavy atom. The average Bonchev–Trinajstić information content (AvgIpc) is 2.92. The number of nitrogens with two attached hydrogens (primary N) is 1. The molecular formula is C18H24N4O3. The van der Waals surface area contributed by atoms with Crippen molar-refractivity contribution in [1.82, 2.24) is 15.1 Å². The molecule has 25 heavy (non-hydrogen) atoms. The van der Waals surface area contributed by atoms with Crippen LogP contribution in [0, 0.1) is 0 Å². The van der Waals surface area contributed by atoms with Crippen LogP contribution in [0.5, 0.6) is 0 Å². The van der Waals surface area contributed by atoms with Crippen LogP contribution < -0.4 is 11.1 Å². The van der Waals surface area contributed by atoms with Crippen molar-refractivity contribution in [3.05, 3.63) is 34.9 Å². The van der Waals surface area contributed by atoms with Crippen molar-refractivity contribution in [2.45, 2.75) is 38.9 Å². The number of carbonyl (C=O) groups is 3. The molecule has 0 spiro atoms. The number of hydrogen-bond donors (Lipinski definition) is 2. The van der Waals surface area contributed by atoms with E-state index in [4.69, 9.17) is 5.73 Å². The Bertz CT molecular complexity index is 704. The Morgan fingerprint density at radius 1 is 1.32 bits per heavy atom. The molecule has 7 heteroatoms. The lowest BCUT2D eigenvalue weighted by molar-refractivity contribution is -0.136. The zero-order valence-electron chi connectivity index (χ0n) is 14.5. The van der Waals surface area contributed by atoms with Crippen molar-refractivity contribution in [2.75, 3.05) is 19.6 Å². The zero-order valence-corrected chi connectivity index (χ0v) is 14.5. The maximum absolute atomic E-state index is 12.8. The second-order valence-electron chi connectivity index (χ2n) is 6.50. The Labute approximate surface area is 147 Å². The van der Waals surface area contributed by atoms with Crippen LogP contribution in [0.15, 0.2) is 18.2 Å². The second kappa shape index (κ2) is 7.33. The highest BCUT2D eigenvalue weighted by atomic mass is 16.2. The number of piperidine rings is 1. The van der Waals surface area contributed by atoms with Crippen LogP contribution in [0.1, 0.15) is 41.3 Å². The maximum Gasteiger partial charge on any atom is 0.255 e. The fourth-order valence-corrected chi connectivity index (χ4v) is 3.57. The van der Waals surface area contributed by atoms with Gasteiger partial charge in [0.1, 0.15) is 6.04 Å². The minimum absolute atomic E-state index is 0.131. The molecule has 0 bridgehead atoms. The highest BCUT2D eigenvalue weighted by molar-refractivity contribution is 6.05. The van der Waals surface area contributed by atoms with Crippen molar-refractivity contribution in [1.29, 1.82) is 0 Å². The molecular weight excluding hydrogens is 320 g/mol. The van der Waals surface area contributed by atoms with E-state index in [1.807, 2.05) is 18.2 Å². The Kier molecular flexibility index (Phi) is 5.15. The van der Waals surface area contributed by atoms with E-state index < -0.39 is 6.04 Å². The molecule has 1 atom stereocenters. The molecule has 1 saturated heterocycles. The van der Waals surface area contributed by atoms with Crippen LogP contribution in [0.3, 0.4) is 0 Å². The third kappa shape index (κ3) is 3.43. The van der Waals surface area contributed by atoms with Crippen LogP contribution in [0.25, 0.3) is 0 Å². The molecule has 1 fully saturated rings. The molecule has 1 unspecified atom stereocenters. The predicted molar refractivity (Wildman–Crippen MR) is 92.5 cm³/mol. The number of likely N-dealkylation sites (N-methyl/N-ethyl adjacent to an activating group) is 1. The largest absolute Gasteiger partial charge is 0.329 e. The van der Waals surface area contributed by atoms with Gasteiger partial charge in [0, 0.05) is 38.2 Å². The molecule has 0 saturated carbocycles. The van der Waals surface area contributed by atoms with E-state index in [9.17, 15) is 14.4 Å².